The van der Waals surface area contributed by atoms with Gasteiger partial charge in [0, 0.05) is 5.41 Å². The van der Waals surface area contributed by atoms with Gasteiger partial charge in [0.25, 0.3) is 0 Å². The Labute approximate surface area is 262 Å². The molecule has 0 spiro atoms. The van der Waals surface area contributed by atoms with Gasteiger partial charge in [-0.2, -0.15) is 0 Å². The molecule has 3 heteroatoms. The van der Waals surface area contributed by atoms with E-state index in [1.807, 2.05) is 39.8 Å². The van der Waals surface area contributed by atoms with Crippen molar-refractivity contribution in [1.29, 1.82) is 0 Å². The summed E-state index contributed by atoms with van der Waals surface area (Å²) in [5, 5.41) is 0. The summed E-state index contributed by atoms with van der Waals surface area (Å²) in [6.45, 7) is 21.2. The van der Waals surface area contributed by atoms with Crippen LogP contribution in [0.2, 0.25) is 0 Å². The summed E-state index contributed by atoms with van der Waals surface area (Å²) in [5.41, 5.74) is 3.60. The second-order valence-electron chi connectivity index (χ2n) is 16.9. The molecule has 0 N–H and O–H groups in total. The third kappa shape index (κ3) is 5.29. The van der Waals surface area contributed by atoms with E-state index in [2.05, 4.69) is 52.5 Å². The van der Waals surface area contributed by atoms with Gasteiger partial charge < -0.3 is 9.53 Å². The van der Waals surface area contributed by atoms with Gasteiger partial charge in [0.15, 0.2) is 0 Å². The van der Waals surface area contributed by atoms with Crippen LogP contribution < -0.4 is 0 Å². The smallest absolute Gasteiger partial charge is 0.338 e. The van der Waals surface area contributed by atoms with Crippen LogP contribution in [0.25, 0.3) is 5.57 Å². The molecule has 4 fully saturated rings. The lowest BCUT2D eigenvalue weighted by Crippen LogP contribution is -2.61. The topological polar surface area (TPSA) is 43.4 Å². The average molecular weight is 587 g/mol. The Morgan fingerprint density at radius 1 is 0.884 bits per heavy atom. The molecule has 5 aliphatic rings. The summed E-state index contributed by atoms with van der Waals surface area (Å²) < 4.78 is 5.60. The largest absolute Gasteiger partial charge is 0.456 e. The van der Waals surface area contributed by atoms with Gasteiger partial charge in [0.2, 0.25) is 0 Å². The van der Waals surface area contributed by atoms with Crippen molar-refractivity contribution in [1.82, 2.24) is 0 Å². The van der Waals surface area contributed by atoms with Crippen LogP contribution in [0, 0.1) is 51.2 Å². The Balaban J connectivity index is 0.00000118. The Morgan fingerprint density at radius 2 is 1.56 bits per heavy atom. The van der Waals surface area contributed by atoms with Gasteiger partial charge in [-0.25, -0.2) is 4.79 Å². The maximum absolute atomic E-state index is 12.6. The van der Waals surface area contributed by atoms with Crippen molar-refractivity contribution in [2.75, 3.05) is 0 Å². The molecule has 8 unspecified atom stereocenters. The highest BCUT2D eigenvalue weighted by Crippen LogP contribution is 2.73. The van der Waals surface area contributed by atoms with Crippen LogP contribution in [0.4, 0.5) is 0 Å². The van der Waals surface area contributed by atoms with E-state index in [9.17, 15) is 9.59 Å². The third-order valence-electron chi connectivity index (χ3n) is 13.2. The number of benzene rings is 1. The number of hydrogen-bond donors (Lipinski definition) is 0. The van der Waals surface area contributed by atoms with Gasteiger partial charge in [0.05, 0.1) is 5.56 Å². The number of allylic oxidation sites excluding steroid dienone is 3. The van der Waals surface area contributed by atoms with Gasteiger partial charge in [-0.1, -0.05) is 58.4 Å². The third-order valence-corrected chi connectivity index (χ3v) is 13.2. The van der Waals surface area contributed by atoms with Crippen LogP contribution in [-0.2, 0) is 9.53 Å². The maximum Gasteiger partial charge on any atom is 0.338 e. The Hall–Kier alpha value is -2.16. The number of rotatable bonds is 3. The molecule has 0 aromatic heterocycles. The van der Waals surface area contributed by atoms with E-state index in [0.717, 1.165) is 37.0 Å². The number of fused-ring (bicyclic) bond motifs is 7. The number of carbonyl (C=O) groups is 2. The fraction of sp³-hybridized carbons (Fsp3) is 0.700. The highest BCUT2D eigenvalue weighted by atomic mass is 16.6. The molecule has 4 saturated carbocycles. The number of hydrogen-bond acceptors (Lipinski definition) is 3. The van der Waals surface area contributed by atoms with E-state index in [0.29, 0.717) is 28.2 Å². The highest BCUT2D eigenvalue weighted by Gasteiger charge is 2.65. The second kappa shape index (κ2) is 11.3. The SMILES string of the molecule is C=CC.CC(C)(C)OC(=O)c1ccc(C2=CCC3(C)C(CCC4(C)C5CCC6(C=O)CCCC6C5CCC43)C2(C)C)cc1. The van der Waals surface area contributed by atoms with Crippen molar-refractivity contribution in [3.05, 3.63) is 54.1 Å². The van der Waals surface area contributed by atoms with E-state index in [4.69, 9.17) is 4.74 Å². The quantitative estimate of drug-likeness (QED) is 0.201. The fourth-order valence-electron chi connectivity index (χ4n) is 11.7. The molecule has 0 aliphatic heterocycles. The Kier molecular flexibility index (Phi) is 8.49. The molecule has 1 aromatic carbocycles. The predicted octanol–water partition coefficient (Wildman–Crippen LogP) is 10.5. The zero-order chi connectivity index (χ0) is 31.4. The zero-order valence-electron chi connectivity index (χ0n) is 28.4. The average Bonchev–Trinajstić information content (AvgIpc) is 3.37. The Morgan fingerprint density at radius 3 is 2.19 bits per heavy atom. The molecule has 6 rings (SSSR count). The first-order chi connectivity index (χ1) is 20.2. The number of carbonyl (C=O) groups excluding carboxylic acids is 2. The minimum atomic E-state index is -0.491. The minimum absolute atomic E-state index is 0.00890. The predicted molar refractivity (Wildman–Crippen MR) is 178 cm³/mol. The van der Waals surface area contributed by atoms with Crippen molar-refractivity contribution in [3.63, 3.8) is 0 Å². The van der Waals surface area contributed by atoms with Crippen molar-refractivity contribution in [2.24, 2.45) is 51.2 Å². The van der Waals surface area contributed by atoms with Crippen LogP contribution in [0.3, 0.4) is 0 Å². The highest BCUT2D eigenvalue weighted by molar-refractivity contribution is 5.90. The first kappa shape index (κ1) is 32.2. The number of esters is 1. The molecule has 0 bridgehead atoms. The lowest BCUT2D eigenvalue weighted by atomic mass is 9.36. The van der Waals surface area contributed by atoms with E-state index in [-0.39, 0.29) is 16.8 Å². The maximum atomic E-state index is 12.6. The van der Waals surface area contributed by atoms with Crippen LogP contribution >= 0.6 is 0 Å². The monoisotopic (exact) mass is 586 g/mol. The molecule has 1 aromatic rings. The summed E-state index contributed by atoms with van der Waals surface area (Å²) in [5.74, 6) is 3.32. The second-order valence-corrected chi connectivity index (χ2v) is 16.9. The summed E-state index contributed by atoms with van der Waals surface area (Å²) in [4.78, 5) is 24.9. The van der Waals surface area contributed by atoms with E-state index >= 15 is 0 Å². The molecular formula is C40H58O3. The zero-order valence-corrected chi connectivity index (χ0v) is 28.4. The molecule has 236 valence electrons. The van der Waals surface area contributed by atoms with Gasteiger partial charge in [-0.15, -0.1) is 6.58 Å². The number of aldehydes is 1. The van der Waals surface area contributed by atoms with Crippen molar-refractivity contribution < 1.29 is 14.3 Å². The molecule has 43 heavy (non-hydrogen) atoms. The molecule has 0 saturated heterocycles. The Bertz CT molecular complexity index is 1250. The van der Waals surface area contributed by atoms with Crippen molar-refractivity contribution in [3.8, 4) is 0 Å². The first-order valence-electron chi connectivity index (χ1n) is 17.2. The van der Waals surface area contributed by atoms with Gasteiger partial charge >= 0.3 is 5.97 Å². The van der Waals surface area contributed by atoms with E-state index in [1.54, 1.807) is 6.08 Å². The van der Waals surface area contributed by atoms with Gasteiger partial charge in [0.1, 0.15) is 11.9 Å². The molecule has 8 atom stereocenters. The summed E-state index contributed by atoms with van der Waals surface area (Å²) in [6.07, 6.45) is 18.2. The minimum Gasteiger partial charge on any atom is -0.456 e. The summed E-state index contributed by atoms with van der Waals surface area (Å²) in [7, 11) is 0. The molecule has 0 radical (unpaired) electrons. The van der Waals surface area contributed by atoms with Crippen molar-refractivity contribution >= 4 is 17.8 Å². The summed E-state index contributed by atoms with van der Waals surface area (Å²) >= 11 is 0. The van der Waals surface area contributed by atoms with Crippen LogP contribution in [0.1, 0.15) is 136 Å². The normalized spacial score (nSPS) is 39.3. The van der Waals surface area contributed by atoms with E-state index in [1.165, 1.54) is 62.4 Å². The standard InChI is InChI=1S/C37H52O3.C3H6/c1-33(2,3)40-32(39)25-12-10-24(11-13-25)27-16-20-36(7)30(34(27,4)5)18-21-35(6)28-17-22-37(23-38)19-8-9-29(37)26(28)14-15-31(35)36;1-3-2/h10-13,16,23,26,28-31H,8-9,14-15,17-22H2,1-7H3;3H,1H2,2H3. The molecular weight excluding hydrogens is 528 g/mol. The first-order valence-corrected chi connectivity index (χ1v) is 17.2. The summed E-state index contributed by atoms with van der Waals surface area (Å²) in [6, 6.07) is 8.16. The van der Waals surface area contributed by atoms with Gasteiger partial charge in [-0.05, 0) is 155 Å². The molecule has 0 amide bonds. The fourth-order valence-corrected chi connectivity index (χ4v) is 11.7. The molecule has 3 nitrogen and oxygen atoms in total. The lowest BCUT2D eigenvalue weighted by Gasteiger charge is -2.68. The van der Waals surface area contributed by atoms with E-state index < -0.39 is 5.60 Å². The van der Waals surface area contributed by atoms with Crippen molar-refractivity contribution in [2.45, 2.75) is 125 Å². The lowest BCUT2D eigenvalue weighted by molar-refractivity contribution is -0.178. The van der Waals surface area contributed by atoms with Crippen LogP contribution in [0.5, 0.6) is 0 Å². The van der Waals surface area contributed by atoms with Crippen LogP contribution in [-0.4, -0.2) is 17.9 Å². The van der Waals surface area contributed by atoms with Gasteiger partial charge in [-0.3, -0.25) is 0 Å². The molecule has 5 aliphatic carbocycles. The molecule has 0 heterocycles. The number of ether oxygens (including phenoxy) is 1. The van der Waals surface area contributed by atoms with Crippen LogP contribution in [0.15, 0.2) is 43.0 Å².